The fourth-order valence-corrected chi connectivity index (χ4v) is 4.31. The van der Waals surface area contributed by atoms with Gasteiger partial charge in [-0.25, -0.2) is 4.79 Å². The highest BCUT2D eigenvalue weighted by molar-refractivity contribution is 6.00. The van der Waals surface area contributed by atoms with E-state index in [9.17, 15) is 41.0 Å². The summed E-state index contributed by atoms with van der Waals surface area (Å²) >= 11 is 0. The van der Waals surface area contributed by atoms with Crippen LogP contribution in [0.1, 0.15) is 80.5 Å². The van der Waals surface area contributed by atoms with Crippen LogP contribution in [0.15, 0.2) is 48.7 Å². The number of carbonyl (C=O) groups is 2. The molecule has 0 aliphatic carbocycles. The summed E-state index contributed by atoms with van der Waals surface area (Å²) in [5.74, 6) is -4.33. The van der Waals surface area contributed by atoms with Crippen LogP contribution in [0.5, 0.6) is 5.75 Å². The van der Waals surface area contributed by atoms with Gasteiger partial charge in [0, 0.05) is 22.9 Å². The van der Waals surface area contributed by atoms with E-state index in [-0.39, 0.29) is 33.2 Å². The smallest absolute Gasteiger partial charge is 0.491 e. The first-order valence-electron chi connectivity index (χ1n) is 12.7. The van der Waals surface area contributed by atoms with Crippen molar-refractivity contribution >= 4 is 11.8 Å². The maximum atomic E-state index is 14.1. The van der Waals surface area contributed by atoms with Gasteiger partial charge in [-0.3, -0.25) is 14.8 Å². The lowest BCUT2D eigenvalue weighted by atomic mass is 9.78. The summed E-state index contributed by atoms with van der Waals surface area (Å²) in [6, 6.07) is 10.1. The molecule has 1 unspecified atom stereocenters. The number of imidazole rings is 1. The van der Waals surface area contributed by atoms with Crippen molar-refractivity contribution in [3.05, 3.63) is 82.2 Å². The summed E-state index contributed by atoms with van der Waals surface area (Å²) in [6.45, 7) is 9.73. The second kappa shape index (κ2) is 11.0. The largest absolute Gasteiger partial charge is 0.507 e. The molecule has 0 spiro atoms. The predicted molar refractivity (Wildman–Crippen MR) is 140 cm³/mol. The van der Waals surface area contributed by atoms with Crippen LogP contribution in [0.2, 0.25) is 0 Å². The number of esters is 1. The highest BCUT2D eigenvalue weighted by Crippen LogP contribution is 2.41. The Hall–Kier alpha value is -4.03. The molecule has 1 atom stereocenters. The van der Waals surface area contributed by atoms with E-state index in [1.54, 1.807) is 59.7 Å². The number of phenols is 1. The van der Waals surface area contributed by atoms with Crippen LogP contribution in [-0.4, -0.2) is 32.2 Å². The molecule has 228 valence electrons. The molecule has 42 heavy (non-hydrogen) atoms. The monoisotopic (exact) mass is 599 g/mol. The number of ether oxygens (including phenoxy) is 1. The van der Waals surface area contributed by atoms with Crippen LogP contribution >= 0.6 is 0 Å². The van der Waals surface area contributed by atoms with E-state index in [1.165, 1.54) is 24.3 Å². The van der Waals surface area contributed by atoms with E-state index in [1.807, 2.05) is 0 Å². The third-order valence-electron chi connectivity index (χ3n) is 6.46. The lowest BCUT2D eigenvalue weighted by Crippen LogP contribution is -2.38. The number of hydrogen-bond acceptors (Lipinski definition) is 5. The average molecular weight is 600 g/mol. The van der Waals surface area contributed by atoms with E-state index in [0.717, 1.165) is 0 Å². The molecule has 0 saturated heterocycles. The van der Waals surface area contributed by atoms with Gasteiger partial charge in [0.2, 0.25) is 17.6 Å². The molecular formula is C29H31F6N3O4. The van der Waals surface area contributed by atoms with Crippen LogP contribution in [-0.2, 0) is 33.1 Å². The second-order valence-electron chi connectivity index (χ2n) is 11.9. The van der Waals surface area contributed by atoms with Gasteiger partial charge in [-0.05, 0) is 28.5 Å². The number of Topliss-reactive ketones (excluding diaryl/α,β-unsaturated/α-hetero) is 1. The summed E-state index contributed by atoms with van der Waals surface area (Å²) < 4.78 is 87.3. The minimum atomic E-state index is -5.59. The molecule has 0 bridgehead atoms. The standard InChI is InChI=1S/C29H31F6N3O4/c1-26(2,3)18-12-17(13-19(22(18)40)27(4,5)6)21(39)23(42-24(41)29(33,34)35)38-15-20(28(30,31)32)37(25(38)36)14-16-10-8-7-9-11-16/h7-13,15,23,36,40H,14H2,1-6H3. The Morgan fingerprint density at radius 1 is 0.905 bits per heavy atom. The number of aromatic nitrogens is 2. The van der Waals surface area contributed by atoms with Gasteiger partial charge < -0.3 is 14.4 Å². The Labute approximate surface area is 237 Å². The zero-order chi connectivity index (χ0) is 32.0. The molecule has 0 aliphatic heterocycles. The van der Waals surface area contributed by atoms with E-state index >= 15 is 0 Å². The normalized spacial score (nSPS) is 13.6. The van der Waals surface area contributed by atoms with Crippen LogP contribution < -0.4 is 5.62 Å². The summed E-state index contributed by atoms with van der Waals surface area (Å²) in [5.41, 5.74) is -3.60. The first kappa shape index (κ1) is 32.5. The molecule has 3 aromatic rings. The number of hydrogen-bond donors (Lipinski definition) is 2. The molecule has 2 N–H and O–H groups in total. The van der Waals surface area contributed by atoms with Crippen molar-refractivity contribution in [1.29, 1.82) is 5.41 Å². The zero-order valence-electron chi connectivity index (χ0n) is 23.7. The molecule has 2 aromatic carbocycles. The van der Waals surface area contributed by atoms with Crippen molar-refractivity contribution in [2.75, 3.05) is 0 Å². The van der Waals surface area contributed by atoms with Crippen molar-refractivity contribution in [2.24, 2.45) is 0 Å². The van der Waals surface area contributed by atoms with Crippen molar-refractivity contribution in [2.45, 2.75) is 77.5 Å². The molecule has 0 radical (unpaired) electrons. The van der Waals surface area contributed by atoms with Crippen molar-refractivity contribution in [1.82, 2.24) is 9.13 Å². The Balaban J connectivity index is 2.31. The van der Waals surface area contributed by atoms with Gasteiger partial charge in [0.05, 0.1) is 6.54 Å². The molecule has 1 heterocycles. The van der Waals surface area contributed by atoms with Crippen molar-refractivity contribution in [3.8, 4) is 5.75 Å². The topological polar surface area (TPSA) is 97.3 Å². The fraction of sp³-hybridized carbons (Fsp3) is 0.414. The predicted octanol–water partition coefficient (Wildman–Crippen LogP) is 6.62. The number of benzene rings is 2. The van der Waals surface area contributed by atoms with Crippen LogP contribution in [0.3, 0.4) is 0 Å². The first-order valence-corrected chi connectivity index (χ1v) is 12.7. The number of nitrogens with one attached hydrogen (secondary N) is 1. The minimum absolute atomic E-state index is 0.169. The molecule has 3 rings (SSSR count). The van der Waals surface area contributed by atoms with Crippen molar-refractivity contribution in [3.63, 3.8) is 0 Å². The summed E-state index contributed by atoms with van der Waals surface area (Å²) in [6.07, 6.45) is -13.0. The maximum Gasteiger partial charge on any atom is 0.491 e. The highest BCUT2D eigenvalue weighted by atomic mass is 19.4. The number of rotatable bonds is 6. The number of carbonyl (C=O) groups excluding carboxylic acids is 2. The molecule has 0 aliphatic rings. The van der Waals surface area contributed by atoms with E-state index in [4.69, 9.17) is 5.41 Å². The third kappa shape index (κ3) is 6.88. The Morgan fingerprint density at radius 3 is 1.83 bits per heavy atom. The van der Waals surface area contributed by atoms with Gasteiger partial charge in [-0.15, -0.1) is 0 Å². The van der Waals surface area contributed by atoms with E-state index < -0.39 is 59.0 Å². The van der Waals surface area contributed by atoms with Crippen molar-refractivity contribution < 1.29 is 45.8 Å². The average Bonchev–Trinajstić information content (AvgIpc) is 3.16. The Kier molecular flexibility index (Phi) is 8.50. The van der Waals surface area contributed by atoms with Gasteiger partial charge in [0.15, 0.2) is 0 Å². The van der Waals surface area contributed by atoms with E-state index in [0.29, 0.717) is 10.1 Å². The fourth-order valence-electron chi connectivity index (χ4n) is 4.31. The van der Waals surface area contributed by atoms with Crippen LogP contribution in [0.4, 0.5) is 26.3 Å². The summed E-state index contributed by atoms with van der Waals surface area (Å²) in [7, 11) is 0. The zero-order valence-corrected chi connectivity index (χ0v) is 23.7. The lowest BCUT2D eigenvalue weighted by Gasteiger charge is -2.28. The highest BCUT2D eigenvalue weighted by Gasteiger charge is 2.45. The molecular weight excluding hydrogens is 568 g/mol. The number of aromatic hydroxyl groups is 1. The third-order valence-corrected chi connectivity index (χ3v) is 6.46. The molecule has 0 fully saturated rings. The Morgan fingerprint density at radius 2 is 1.40 bits per heavy atom. The first-order chi connectivity index (χ1) is 19.0. The molecule has 0 saturated carbocycles. The van der Waals surface area contributed by atoms with Gasteiger partial charge in [0.25, 0.3) is 0 Å². The van der Waals surface area contributed by atoms with Crippen LogP contribution in [0.25, 0.3) is 0 Å². The quantitative estimate of drug-likeness (QED) is 0.189. The number of nitrogens with zero attached hydrogens (tertiary/aromatic N) is 2. The van der Waals surface area contributed by atoms with Gasteiger partial charge in [-0.1, -0.05) is 71.9 Å². The molecule has 7 nitrogen and oxygen atoms in total. The summed E-state index contributed by atoms with van der Waals surface area (Å²) in [4.78, 5) is 25.8. The molecule has 13 heteroatoms. The molecule has 1 aromatic heterocycles. The molecule has 0 amide bonds. The minimum Gasteiger partial charge on any atom is -0.507 e. The number of phenolic OH excluding ortho intramolecular Hbond substituents is 1. The SMILES string of the molecule is CC(C)(C)c1cc(C(=O)C(OC(=O)C(F)(F)F)n2cc(C(F)(F)F)n(Cc3ccccc3)c2=N)cc(C(C)(C)C)c1O. The number of ketones is 1. The van der Waals surface area contributed by atoms with Gasteiger partial charge >= 0.3 is 18.3 Å². The van der Waals surface area contributed by atoms with Gasteiger partial charge in [0.1, 0.15) is 11.4 Å². The van der Waals surface area contributed by atoms with Gasteiger partial charge in [-0.2, -0.15) is 26.3 Å². The number of halogens is 6. The second-order valence-corrected chi connectivity index (χ2v) is 11.9. The van der Waals surface area contributed by atoms with E-state index in [2.05, 4.69) is 4.74 Å². The number of alkyl halides is 6. The maximum absolute atomic E-state index is 14.1. The van der Waals surface area contributed by atoms with Crippen LogP contribution in [0, 0.1) is 5.41 Å². The summed E-state index contributed by atoms with van der Waals surface area (Å²) in [5, 5.41) is 19.4. The Bertz CT molecular complexity index is 1500. The lowest BCUT2D eigenvalue weighted by molar-refractivity contribution is -0.206.